The number of aliphatic carboxylic acids is 1. The molecule has 0 saturated heterocycles. The van der Waals surface area contributed by atoms with E-state index in [4.69, 9.17) is 9.47 Å². The normalized spacial score (nSPS) is 12.7. The fraction of sp³-hybridized carbons (Fsp3) is 0.342. The molecular weight excluding hydrogens is 562 g/mol. The van der Waals surface area contributed by atoms with Crippen LogP contribution in [-0.2, 0) is 24.4 Å². The molecule has 0 aliphatic carbocycles. The number of hydrogen-bond donors (Lipinski definition) is 1. The van der Waals surface area contributed by atoms with Gasteiger partial charge in [0.2, 0.25) is 5.88 Å². The summed E-state index contributed by atoms with van der Waals surface area (Å²) in [4.78, 5) is 21.2. The summed E-state index contributed by atoms with van der Waals surface area (Å²) in [6.07, 6.45) is 3.98. The van der Waals surface area contributed by atoms with E-state index in [0.29, 0.717) is 18.9 Å². The standard InChI is InChI=1S/C38H43N3O4/c1-25(26-11-13-27(14-12-26)28-15-18-34(44-7)40-22-28)35-31-17-16-30(45-23-29-10-8-9-19-39-29)20-32(31)41(24-37(2,3)4)33(35)21-38(5,6)36(42)43/h8-20,22,25H,21,23-24H2,1-7H3,(H,42,43). The van der Waals surface area contributed by atoms with E-state index < -0.39 is 11.4 Å². The SMILES string of the molecule is COc1ccc(-c2ccc(C(C)c3c(CC(C)(C)C(=O)O)n(CC(C)(C)C)c4cc(OCc5ccccn5)ccc34)cc2)cn1. The largest absolute Gasteiger partial charge is 0.487 e. The maximum Gasteiger partial charge on any atom is 0.309 e. The van der Waals surface area contributed by atoms with Gasteiger partial charge in [-0.2, -0.15) is 0 Å². The molecule has 7 heteroatoms. The highest BCUT2D eigenvalue weighted by Gasteiger charge is 2.33. The minimum absolute atomic E-state index is 0.0108. The molecule has 45 heavy (non-hydrogen) atoms. The quantitative estimate of drug-likeness (QED) is 0.162. The Morgan fingerprint density at radius 1 is 0.933 bits per heavy atom. The van der Waals surface area contributed by atoms with Gasteiger partial charge < -0.3 is 19.1 Å². The number of pyridine rings is 2. The molecule has 0 spiro atoms. The number of nitrogens with zero attached hydrogens (tertiary/aromatic N) is 3. The summed E-state index contributed by atoms with van der Waals surface area (Å²) in [5, 5.41) is 11.3. The van der Waals surface area contributed by atoms with Crippen molar-refractivity contribution >= 4 is 16.9 Å². The van der Waals surface area contributed by atoms with Crippen molar-refractivity contribution in [3.63, 3.8) is 0 Å². The second-order valence-electron chi connectivity index (χ2n) is 13.6. The van der Waals surface area contributed by atoms with Gasteiger partial charge in [0.1, 0.15) is 12.4 Å². The predicted octanol–water partition coefficient (Wildman–Crippen LogP) is 8.54. The number of carboxylic acids is 1. The fourth-order valence-corrected chi connectivity index (χ4v) is 5.77. The van der Waals surface area contributed by atoms with Crippen LogP contribution >= 0.6 is 0 Å². The van der Waals surface area contributed by atoms with Crippen LogP contribution in [0.4, 0.5) is 0 Å². The molecule has 0 bridgehead atoms. The minimum atomic E-state index is -0.956. The van der Waals surface area contributed by atoms with Crippen molar-refractivity contribution in [2.24, 2.45) is 10.8 Å². The lowest BCUT2D eigenvalue weighted by Crippen LogP contribution is -2.29. The molecule has 0 radical (unpaired) electrons. The van der Waals surface area contributed by atoms with Gasteiger partial charge in [-0.25, -0.2) is 4.98 Å². The van der Waals surface area contributed by atoms with E-state index in [-0.39, 0.29) is 11.3 Å². The predicted molar refractivity (Wildman–Crippen MR) is 179 cm³/mol. The van der Waals surface area contributed by atoms with E-state index in [1.54, 1.807) is 13.3 Å². The summed E-state index contributed by atoms with van der Waals surface area (Å²) in [7, 11) is 1.61. The summed E-state index contributed by atoms with van der Waals surface area (Å²) in [5.74, 6) is 0.529. The molecule has 0 saturated carbocycles. The second-order valence-corrected chi connectivity index (χ2v) is 13.6. The van der Waals surface area contributed by atoms with E-state index in [2.05, 4.69) is 78.6 Å². The number of fused-ring (bicyclic) bond motifs is 1. The molecule has 0 fully saturated rings. The molecule has 0 aliphatic rings. The van der Waals surface area contributed by atoms with Gasteiger partial charge in [-0.3, -0.25) is 9.78 Å². The first-order valence-corrected chi connectivity index (χ1v) is 15.4. The zero-order valence-corrected chi connectivity index (χ0v) is 27.3. The van der Waals surface area contributed by atoms with Gasteiger partial charge in [-0.15, -0.1) is 0 Å². The lowest BCUT2D eigenvalue weighted by atomic mass is 9.83. The van der Waals surface area contributed by atoms with Crippen LogP contribution in [0.15, 0.2) is 85.2 Å². The van der Waals surface area contributed by atoms with Crippen LogP contribution in [0, 0.1) is 10.8 Å². The van der Waals surface area contributed by atoms with Gasteiger partial charge in [-0.05, 0) is 66.3 Å². The van der Waals surface area contributed by atoms with Crippen molar-refractivity contribution in [2.75, 3.05) is 7.11 Å². The first-order chi connectivity index (χ1) is 21.4. The Balaban J connectivity index is 1.61. The average Bonchev–Trinajstić information content (AvgIpc) is 3.30. The number of aromatic nitrogens is 3. The van der Waals surface area contributed by atoms with Crippen LogP contribution in [-0.4, -0.2) is 32.7 Å². The molecule has 3 heterocycles. The maximum atomic E-state index is 12.4. The number of benzene rings is 2. The van der Waals surface area contributed by atoms with E-state index in [9.17, 15) is 9.90 Å². The average molecular weight is 606 g/mol. The van der Waals surface area contributed by atoms with Gasteiger partial charge in [-0.1, -0.05) is 58.0 Å². The van der Waals surface area contributed by atoms with E-state index in [0.717, 1.165) is 56.8 Å². The second kappa shape index (κ2) is 12.8. The van der Waals surface area contributed by atoms with E-state index >= 15 is 0 Å². The van der Waals surface area contributed by atoms with Crippen LogP contribution in [0.3, 0.4) is 0 Å². The maximum absolute atomic E-state index is 12.4. The molecule has 0 aliphatic heterocycles. The minimum Gasteiger partial charge on any atom is -0.487 e. The molecule has 7 nitrogen and oxygen atoms in total. The molecule has 234 valence electrons. The number of carboxylic acid groups (broad SMARTS) is 1. The zero-order valence-electron chi connectivity index (χ0n) is 27.3. The summed E-state index contributed by atoms with van der Waals surface area (Å²) in [6.45, 7) is 13.6. The van der Waals surface area contributed by atoms with Crippen LogP contribution in [0.5, 0.6) is 11.6 Å². The Bertz CT molecular complexity index is 1770. The summed E-state index contributed by atoms with van der Waals surface area (Å²) >= 11 is 0. The van der Waals surface area contributed by atoms with Gasteiger partial charge in [0.25, 0.3) is 0 Å². The molecule has 1 N–H and O–H groups in total. The third-order valence-corrected chi connectivity index (χ3v) is 8.24. The van der Waals surface area contributed by atoms with Crippen LogP contribution in [0.1, 0.15) is 70.0 Å². The summed E-state index contributed by atoms with van der Waals surface area (Å²) in [6, 6.07) is 24.4. The molecule has 1 unspecified atom stereocenters. The van der Waals surface area contributed by atoms with Crippen molar-refractivity contribution in [3.05, 3.63) is 108 Å². The van der Waals surface area contributed by atoms with Crippen molar-refractivity contribution in [3.8, 4) is 22.8 Å². The van der Waals surface area contributed by atoms with Gasteiger partial charge in [0.15, 0.2) is 0 Å². The molecule has 3 aromatic heterocycles. The van der Waals surface area contributed by atoms with Crippen molar-refractivity contribution in [1.82, 2.24) is 14.5 Å². The Morgan fingerprint density at radius 3 is 2.27 bits per heavy atom. The summed E-state index contributed by atoms with van der Waals surface area (Å²) < 4.78 is 13.7. The van der Waals surface area contributed by atoms with Gasteiger partial charge in [0, 0.05) is 60.1 Å². The monoisotopic (exact) mass is 605 g/mol. The summed E-state index contributed by atoms with van der Waals surface area (Å²) in [5.41, 5.74) is 6.33. The third kappa shape index (κ3) is 7.19. The van der Waals surface area contributed by atoms with E-state index in [1.807, 2.05) is 56.4 Å². The Hall–Kier alpha value is -4.65. The molecule has 5 rings (SSSR count). The van der Waals surface area contributed by atoms with Crippen LogP contribution in [0.25, 0.3) is 22.0 Å². The molecule has 5 aromatic rings. The van der Waals surface area contributed by atoms with Gasteiger partial charge >= 0.3 is 5.97 Å². The smallest absolute Gasteiger partial charge is 0.309 e. The number of ether oxygens (including phenoxy) is 2. The van der Waals surface area contributed by atoms with E-state index in [1.165, 1.54) is 0 Å². The highest BCUT2D eigenvalue weighted by atomic mass is 16.5. The third-order valence-electron chi connectivity index (χ3n) is 8.24. The number of carbonyl (C=O) groups is 1. The Labute approximate surface area is 265 Å². The highest BCUT2D eigenvalue weighted by Crippen LogP contribution is 2.41. The van der Waals surface area contributed by atoms with Crippen molar-refractivity contribution in [2.45, 2.75) is 67.0 Å². The Morgan fingerprint density at radius 2 is 1.67 bits per heavy atom. The molecule has 2 aromatic carbocycles. The fourth-order valence-electron chi connectivity index (χ4n) is 5.77. The highest BCUT2D eigenvalue weighted by molar-refractivity contribution is 5.88. The Kier molecular flexibility index (Phi) is 9.01. The zero-order chi connectivity index (χ0) is 32.4. The lowest BCUT2D eigenvalue weighted by molar-refractivity contribution is -0.146. The number of hydrogen-bond acceptors (Lipinski definition) is 5. The van der Waals surface area contributed by atoms with Crippen LogP contribution < -0.4 is 9.47 Å². The van der Waals surface area contributed by atoms with Crippen LogP contribution in [0.2, 0.25) is 0 Å². The van der Waals surface area contributed by atoms with Gasteiger partial charge in [0.05, 0.1) is 23.7 Å². The topological polar surface area (TPSA) is 86.5 Å². The first-order valence-electron chi connectivity index (χ1n) is 15.4. The number of methoxy groups -OCH3 is 1. The lowest BCUT2D eigenvalue weighted by Gasteiger charge is -2.27. The number of rotatable bonds is 11. The molecule has 0 amide bonds. The first kappa shape index (κ1) is 31.8. The van der Waals surface area contributed by atoms with Crippen molar-refractivity contribution in [1.29, 1.82) is 0 Å². The molecular formula is C38H43N3O4. The molecule has 1 atom stereocenters. The van der Waals surface area contributed by atoms with Crippen molar-refractivity contribution < 1.29 is 19.4 Å².